The van der Waals surface area contributed by atoms with E-state index < -0.39 is 11.0 Å². The molecular formula is C11H19BrF3N. The summed E-state index contributed by atoms with van der Waals surface area (Å²) >= 11 is 2.72. The first-order chi connectivity index (χ1) is 7.43. The van der Waals surface area contributed by atoms with Crippen LogP contribution in [0.15, 0.2) is 0 Å². The van der Waals surface area contributed by atoms with Crippen molar-refractivity contribution in [2.24, 2.45) is 5.92 Å². The third-order valence-electron chi connectivity index (χ3n) is 3.29. The summed E-state index contributed by atoms with van der Waals surface area (Å²) in [4.78, 5) is 0.543. The Kier molecular flexibility index (Phi) is 5.57. The predicted octanol–water partition coefficient (Wildman–Crippen LogP) is 3.82. The van der Waals surface area contributed by atoms with Crippen molar-refractivity contribution in [3.63, 3.8) is 0 Å². The van der Waals surface area contributed by atoms with Crippen LogP contribution in [0, 0.1) is 5.92 Å². The smallest absolute Gasteiger partial charge is 0.302 e. The Bertz CT molecular complexity index is 208. The Hall–Kier alpha value is 0.230. The number of hydrogen-bond acceptors (Lipinski definition) is 1. The maximum absolute atomic E-state index is 12.4. The average molecular weight is 302 g/mol. The molecule has 2 atom stereocenters. The van der Waals surface area contributed by atoms with E-state index in [2.05, 4.69) is 22.9 Å². The minimum absolute atomic E-state index is 0.0833. The van der Waals surface area contributed by atoms with Gasteiger partial charge in [0.2, 0.25) is 0 Å². The molecule has 5 heteroatoms. The van der Waals surface area contributed by atoms with Gasteiger partial charge in [-0.2, -0.15) is 13.2 Å². The second-order valence-electron chi connectivity index (χ2n) is 4.51. The van der Waals surface area contributed by atoms with Gasteiger partial charge < -0.3 is 4.90 Å². The third-order valence-corrected chi connectivity index (χ3v) is 4.10. The van der Waals surface area contributed by atoms with Gasteiger partial charge in [0.05, 0.1) is 0 Å². The summed E-state index contributed by atoms with van der Waals surface area (Å²) in [5.41, 5.74) is 0. The summed E-state index contributed by atoms with van der Waals surface area (Å²) in [6, 6.07) is 0. The van der Waals surface area contributed by atoms with E-state index in [1.54, 1.807) is 0 Å². The summed E-state index contributed by atoms with van der Waals surface area (Å²) in [6.07, 6.45) is 0.234. The van der Waals surface area contributed by atoms with Gasteiger partial charge in [-0.15, -0.1) is 0 Å². The number of alkyl halides is 4. The topological polar surface area (TPSA) is 3.24 Å². The van der Waals surface area contributed by atoms with Gasteiger partial charge >= 0.3 is 6.18 Å². The molecule has 1 fully saturated rings. The molecule has 1 rings (SSSR count). The molecule has 2 unspecified atom stereocenters. The molecule has 0 aromatic carbocycles. The van der Waals surface area contributed by atoms with Crippen LogP contribution >= 0.6 is 15.9 Å². The summed E-state index contributed by atoms with van der Waals surface area (Å²) in [7, 11) is 0. The fraction of sp³-hybridized carbons (Fsp3) is 1.00. The SMILES string of the molecule is CCC1CCCN(CC(Br)C(F)(F)F)CC1. The molecule has 1 heterocycles. The molecular weight excluding hydrogens is 283 g/mol. The predicted molar refractivity (Wildman–Crippen MR) is 62.8 cm³/mol. The maximum Gasteiger partial charge on any atom is 0.402 e. The number of likely N-dealkylation sites (tertiary alicyclic amines) is 1. The molecule has 0 N–H and O–H groups in total. The van der Waals surface area contributed by atoms with Crippen LogP contribution in [0.3, 0.4) is 0 Å². The molecule has 16 heavy (non-hydrogen) atoms. The number of halogens is 4. The summed E-state index contributed by atoms with van der Waals surface area (Å²) < 4.78 is 37.1. The van der Waals surface area contributed by atoms with Crippen LogP contribution < -0.4 is 0 Å². The minimum Gasteiger partial charge on any atom is -0.302 e. The number of hydrogen-bond donors (Lipinski definition) is 0. The fourth-order valence-electron chi connectivity index (χ4n) is 2.15. The lowest BCUT2D eigenvalue weighted by Gasteiger charge is -2.24. The zero-order valence-electron chi connectivity index (χ0n) is 9.56. The first kappa shape index (κ1) is 14.3. The Morgan fingerprint density at radius 2 is 2.00 bits per heavy atom. The second-order valence-corrected chi connectivity index (χ2v) is 5.62. The van der Waals surface area contributed by atoms with Gasteiger partial charge in [0.15, 0.2) is 0 Å². The van der Waals surface area contributed by atoms with Crippen molar-refractivity contribution in [3.05, 3.63) is 0 Å². The van der Waals surface area contributed by atoms with Crippen LogP contribution in [0.25, 0.3) is 0 Å². The van der Waals surface area contributed by atoms with E-state index in [4.69, 9.17) is 0 Å². The molecule has 0 aromatic heterocycles. The lowest BCUT2D eigenvalue weighted by atomic mass is 9.98. The van der Waals surface area contributed by atoms with Crippen LogP contribution in [0.2, 0.25) is 0 Å². The Balaban J connectivity index is 2.38. The number of rotatable bonds is 3. The van der Waals surface area contributed by atoms with E-state index in [-0.39, 0.29) is 6.54 Å². The monoisotopic (exact) mass is 301 g/mol. The molecule has 0 spiro atoms. The lowest BCUT2D eigenvalue weighted by Crippen LogP contribution is -2.37. The minimum atomic E-state index is -4.13. The van der Waals surface area contributed by atoms with E-state index in [0.717, 1.165) is 38.8 Å². The zero-order valence-corrected chi connectivity index (χ0v) is 11.1. The van der Waals surface area contributed by atoms with Gasteiger partial charge in [0.25, 0.3) is 0 Å². The van der Waals surface area contributed by atoms with Crippen molar-refractivity contribution in [1.82, 2.24) is 4.90 Å². The normalized spacial score (nSPS) is 26.4. The summed E-state index contributed by atoms with van der Waals surface area (Å²) in [6.45, 7) is 3.84. The molecule has 1 aliphatic heterocycles. The fourth-order valence-corrected chi connectivity index (χ4v) is 2.56. The first-order valence-electron chi connectivity index (χ1n) is 5.86. The van der Waals surface area contributed by atoms with E-state index in [1.807, 2.05) is 4.90 Å². The highest BCUT2D eigenvalue weighted by molar-refractivity contribution is 9.09. The number of nitrogens with zero attached hydrogens (tertiary/aromatic N) is 1. The molecule has 0 aliphatic carbocycles. The van der Waals surface area contributed by atoms with Crippen molar-refractivity contribution in [2.45, 2.75) is 43.6 Å². The van der Waals surface area contributed by atoms with Gasteiger partial charge in [-0.1, -0.05) is 29.3 Å². The maximum atomic E-state index is 12.4. The van der Waals surface area contributed by atoms with Gasteiger partial charge in [-0.3, -0.25) is 0 Å². The van der Waals surface area contributed by atoms with E-state index in [9.17, 15) is 13.2 Å². The quantitative estimate of drug-likeness (QED) is 0.716. The Morgan fingerprint density at radius 3 is 2.56 bits per heavy atom. The van der Waals surface area contributed by atoms with Crippen molar-refractivity contribution in [3.8, 4) is 0 Å². The molecule has 0 bridgehead atoms. The van der Waals surface area contributed by atoms with Crippen LogP contribution in [0.5, 0.6) is 0 Å². The Labute approximate surface area is 104 Å². The van der Waals surface area contributed by atoms with Crippen LogP contribution in [-0.4, -0.2) is 35.5 Å². The molecule has 0 amide bonds. The third kappa shape index (κ3) is 4.62. The highest BCUT2D eigenvalue weighted by Gasteiger charge is 2.38. The van der Waals surface area contributed by atoms with Gasteiger partial charge in [0.1, 0.15) is 4.83 Å². The van der Waals surface area contributed by atoms with Crippen molar-refractivity contribution < 1.29 is 13.2 Å². The highest BCUT2D eigenvalue weighted by Crippen LogP contribution is 2.28. The van der Waals surface area contributed by atoms with Gasteiger partial charge in [0, 0.05) is 6.54 Å². The lowest BCUT2D eigenvalue weighted by molar-refractivity contribution is -0.130. The Morgan fingerprint density at radius 1 is 1.31 bits per heavy atom. The van der Waals surface area contributed by atoms with Gasteiger partial charge in [-0.25, -0.2) is 0 Å². The van der Waals surface area contributed by atoms with E-state index >= 15 is 0 Å². The molecule has 0 saturated carbocycles. The van der Waals surface area contributed by atoms with E-state index in [1.165, 1.54) is 0 Å². The highest BCUT2D eigenvalue weighted by atomic mass is 79.9. The zero-order chi connectivity index (χ0) is 12.2. The summed E-state index contributed by atoms with van der Waals surface area (Å²) in [5, 5.41) is 0. The molecule has 96 valence electrons. The molecule has 0 aromatic rings. The van der Waals surface area contributed by atoms with Crippen LogP contribution in [-0.2, 0) is 0 Å². The van der Waals surface area contributed by atoms with Crippen LogP contribution in [0.1, 0.15) is 32.6 Å². The standard InChI is InChI=1S/C11H19BrF3N/c1-2-9-4-3-6-16(7-5-9)8-10(12)11(13,14)15/h9-10H,2-8H2,1H3. The second kappa shape index (κ2) is 6.24. The van der Waals surface area contributed by atoms with Crippen molar-refractivity contribution in [2.75, 3.05) is 19.6 Å². The first-order valence-corrected chi connectivity index (χ1v) is 6.78. The largest absolute Gasteiger partial charge is 0.402 e. The van der Waals surface area contributed by atoms with Gasteiger partial charge in [-0.05, 0) is 38.3 Å². The molecule has 1 saturated heterocycles. The molecule has 1 aliphatic rings. The molecule has 1 nitrogen and oxygen atoms in total. The van der Waals surface area contributed by atoms with E-state index in [0.29, 0.717) is 5.92 Å². The van der Waals surface area contributed by atoms with Crippen molar-refractivity contribution in [1.29, 1.82) is 0 Å². The molecule has 0 radical (unpaired) electrons. The van der Waals surface area contributed by atoms with Crippen molar-refractivity contribution >= 4 is 15.9 Å². The van der Waals surface area contributed by atoms with Crippen LogP contribution in [0.4, 0.5) is 13.2 Å². The summed E-state index contributed by atoms with van der Waals surface area (Å²) in [5.74, 6) is 0.699. The average Bonchev–Trinajstić information content (AvgIpc) is 2.41.